The van der Waals surface area contributed by atoms with Crippen LogP contribution < -0.4 is 10.6 Å². The molecule has 5 nitrogen and oxygen atoms in total. The molecule has 0 saturated carbocycles. The van der Waals surface area contributed by atoms with E-state index >= 15 is 0 Å². The highest BCUT2D eigenvalue weighted by Gasteiger charge is 2.26. The summed E-state index contributed by atoms with van der Waals surface area (Å²) in [6.07, 6.45) is 4.08. The second kappa shape index (κ2) is 7.04. The maximum absolute atomic E-state index is 12.0. The average Bonchev–Trinajstić information content (AvgIpc) is 2.82. The molecule has 2 N–H and O–H groups in total. The van der Waals surface area contributed by atoms with Crippen LogP contribution >= 0.6 is 11.3 Å². The van der Waals surface area contributed by atoms with Crippen LogP contribution in [0.1, 0.15) is 47.5 Å². The smallest absolute Gasteiger partial charge is 0.341 e. The molecule has 0 spiro atoms. The van der Waals surface area contributed by atoms with Crippen molar-refractivity contribution in [3.63, 3.8) is 0 Å². The summed E-state index contributed by atoms with van der Waals surface area (Å²) in [6, 6.07) is 0.243. The second-order valence-electron chi connectivity index (χ2n) is 5.49. The third-order valence-corrected chi connectivity index (χ3v) is 4.69. The van der Waals surface area contributed by atoms with Crippen molar-refractivity contribution < 1.29 is 14.3 Å². The molecule has 0 fully saturated rings. The minimum absolute atomic E-state index is 0.132. The minimum Gasteiger partial charge on any atom is -0.465 e. The first kappa shape index (κ1) is 16.0. The van der Waals surface area contributed by atoms with Gasteiger partial charge in [0.15, 0.2) is 0 Å². The van der Waals surface area contributed by atoms with Crippen molar-refractivity contribution in [3.8, 4) is 0 Å². The minimum atomic E-state index is -0.360. The Balaban J connectivity index is 2.20. The van der Waals surface area contributed by atoms with Crippen LogP contribution in [0.4, 0.5) is 5.00 Å². The van der Waals surface area contributed by atoms with Crippen molar-refractivity contribution in [2.45, 2.75) is 45.6 Å². The molecule has 0 saturated heterocycles. The Labute approximate surface area is 129 Å². The summed E-state index contributed by atoms with van der Waals surface area (Å²) in [5, 5.41) is 6.55. The van der Waals surface area contributed by atoms with E-state index in [9.17, 15) is 9.59 Å². The lowest BCUT2D eigenvalue weighted by molar-refractivity contribution is -0.115. The Bertz CT molecular complexity index is 537. The summed E-state index contributed by atoms with van der Waals surface area (Å²) < 4.78 is 4.88. The zero-order chi connectivity index (χ0) is 15.4. The van der Waals surface area contributed by atoms with Gasteiger partial charge in [-0.15, -0.1) is 11.3 Å². The van der Waals surface area contributed by atoms with Gasteiger partial charge in [-0.25, -0.2) is 4.79 Å². The van der Waals surface area contributed by atoms with Crippen LogP contribution in [0.3, 0.4) is 0 Å². The summed E-state index contributed by atoms with van der Waals surface area (Å²) in [7, 11) is 1.38. The van der Waals surface area contributed by atoms with E-state index in [4.69, 9.17) is 4.74 Å². The Morgan fingerprint density at radius 1 is 1.29 bits per heavy atom. The van der Waals surface area contributed by atoms with Crippen molar-refractivity contribution in [2.75, 3.05) is 19.0 Å². The highest BCUT2D eigenvalue weighted by Crippen LogP contribution is 2.38. The summed E-state index contributed by atoms with van der Waals surface area (Å²) in [6.45, 7) is 4.20. The molecule has 1 aromatic heterocycles. The molecule has 0 radical (unpaired) electrons. The van der Waals surface area contributed by atoms with E-state index < -0.39 is 0 Å². The van der Waals surface area contributed by atoms with Gasteiger partial charge < -0.3 is 15.4 Å². The molecular weight excluding hydrogens is 288 g/mol. The molecule has 0 atom stereocenters. The normalized spacial score (nSPS) is 13.9. The average molecular weight is 310 g/mol. The maximum atomic E-state index is 12.0. The van der Waals surface area contributed by atoms with Gasteiger partial charge in [-0.1, -0.05) is 13.8 Å². The Morgan fingerprint density at radius 3 is 2.67 bits per heavy atom. The van der Waals surface area contributed by atoms with Gasteiger partial charge in [-0.05, 0) is 31.2 Å². The molecule has 0 bridgehead atoms. The van der Waals surface area contributed by atoms with Crippen molar-refractivity contribution in [1.82, 2.24) is 5.32 Å². The van der Waals surface area contributed by atoms with Gasteiger partial charge in [0.25, 0.3) is 0 Å². The van der Waals surface area contributed by atoms with E-state index in [-0.39, 0.29) is 24.5 Å². The molecule has 116 valence electrons. The van der Waals surface area contributed by atoms with Crippen molar-refractivity contribution >= 4 is 28.2 Å². The lowest BCUT2D eigenvalue weighted by Gasteiger charge is -2.12. The highest BCUT2D eigenvalue weighted by molar-refractivity contribution is 7.17. The van der Waals surface area contributed by atoms with Crippen LogP contribution in [0.25, 0.3) is 0 Å². The molecule has 2 rings (SSSR count). The number of carbonyl (C=O) groups excluding carboxylic acids is 2. The fraction of sp³-hybridized carbons (Fsp3) is 0.600. The topological polar surface area (TPSA) is 67.4 Å². The van der Waals surface area contributed by atoms with E-state index in [1.54, 1.807) is 0 Å². The number of aryl methyl sites for hydroxylation is 1. The maximum Gasteiger partial charge on any atom is 0.341 e. The van der Waals surface area contributed by atoms with Crippen LogP contribution in [-0.4, -0.2) is 31.6 Å². The first-order valence-corrected chi connectivity index (χ1v) is 8.10. The van der Waals surface area contributed by atoms with Gasteiger partial charge >= 0.3 is 5.97 Å². The number of amides is 1. The van der Waals surface area contributed by atoms with Gasteiger partial charge in [-0.3, -0.25) is 4.79 Å². The molecule has 1 aromatic rings. The standard InChI is InChI=1S/C15H22N2O3S/c1-9(2)16-8-12(18)17-14-13(15(19)20-3)10-6-4-5-7-11(10)21-14/h9,16H,4-8H2,1-3H3,(H,17,18). The summed E-state index contributed by atoms with van der Waals surface area (Å²) in [5.41, 5.74) is 1.61. The van der Waals surface area contributed by atoms with E-state index in [1.165, 1.54) is 23.3 Å². The third kappa shape index (κ3) is 3.83. The van der Waals surface area contributed by atoms with Gasteiger partial charge in [-0.2, -0.15) is 0 Å². The Kier molecular flexibility index (Phi) is 5.36. The number of methoxy groups -OCH3 is 1. The first-order valence-electron chi connectivity index (χ1n) is 7.29. The molecule has 1 aliphatic carbocycles. The largest absolute Gasteiger partial charge is 0.465 e. The van der Waals surface area contributed by atoms with Crippen molar-refractivity contribution in [2.24, 2.45) is 0 Å². The predicted octanol–water partition coefficient (Wildman–Crippen LogP) is 2.35. The molecule has 0 aromatic carbocycles. The van der Waals surface area contributed by atoms with E-state index in [0.29, 0.717) is 10.6 Å². The Hall–Kier alpha value is -1.40. The summed E-state index contributed by atoms with van der Waals surface area (Å²) >= 11 is 1.51. The van der Waals surface area contributed by atoms with E-state index in [0.717, 1.165) is 31.2 Å². The number of carbonyl (C=O) groups is 2. The van der Waals surface area contributed by atoms with E-state index in [1.807, 2.05) is 13.8 Å². The SMILES string of the molecule is COC(=O)c1c(NC(=O)CNC(C)C)sc2c1CCCC2. The van der Waals surface area contributed by atoms with Crippen LogP contribution in [0.15, 0.2) is 0 Å². The zero-order valence-corrected chi connectivity index (χ0v) is 13.6. The molecule has 1 heterocycles. The lowest BCUT2D eigenvalue weighted by Crippen LogP contribution is -2.32. The number of esters is 1. The number of thiophene rings is 1. The van der Waals surface area contributed by atoms with E-state index in [2.05, 4.69) is 10.6 Å². The summed E-state index contributed by atoms with van der Waals surface area (Å²) in [5.74, 6) is -0.492. The van der Waals surface area contributed by atoms with Crippen LogP contribution in [0.5, 0.6) is 0 Å². The van der Waals surface area contributed by atoms with Crippen LogP contribution in [-0.2, 0) is 22.4 Å². The van der Waals surface area contributed by atoms with Crippen molar-refractivity contribution in [3.05, 3.63) is 16.0 Å². The number of hydrogen-bond acceptors (Lipinski definition) is 5. The van der Waals surface area contributed by atoms with Crippen LogP contribution in [0.2, 0.25) is 0 Å². The molecule has 21 heavy (non-hydrogen) atoms. The third-order valence-electron chi connectivity index (χ3n) is 3.48. The lowest BCUT2D eigenvalue weighted by atomic mass is 9.95. The fourth-order valence-electron chi connectivity index (χ4n) is 2.44. The highest BCUT2D eigenvalue weighted by atomic mass is 32.1. The second-order valence-corrected chi connectivity index (χ2v) is 6.60. The molecule has 0 aliphatic heterocycles. The molecule has 1 aliphatic rings. The zero-order valence-electron chi connectivity index (χ0n) is 12.7. The number of fused-ring (bicyclic) bond motifs is 1. The number of anilines is 1. The van der Waals surface area contributed by atoms with Crippen molar-refractivity contribution in [1.29, 1.82) is 0 Å². The van der Waals surface area contributed by atoms with Crippen LogP contribution in [0, 0.1) is 0 Å². The van der Waals surface area contributed by atoms with Gasteiger partial charge in [0, 0.05) is 10.9 Å². The number of ether oxygens (including phenoxy) is 1. The number of rotatable bonds is 5. The Morgan fingerprint density at radius 2 is 2.00 bits per heavy atom. The molecule has 1 amide bonds. The summed E-state index contributed by atoms with van der Waals surface area (Å²) in [4.78, 5) is 25.2. The van der Waals surface area contributed by atoms with Gasteiger partial charge in [0.05, 0.1) is 19.2 Å². The first-order chi connectivity index (χ1) is 10.0. The number of nitrogens with one attached hydrogen (secondary N) is 2. The van der Waals surface area contributed by atoms with Gasteiger partial charge in [0.1, 0.15) is 5.00 Å². The molecule has 6 heteroatoms. The molecular formula is C15H22N2O3S. The number of hydrogen-bond donors (Lipinski definition) is 2. The quantitative estimate of drug-likeness (QED) is 0.819. The predicted molar refractivity (Wildman–Crippen MR) is 84.1 cm³/mol. The van der Waals surface area contributed by atoms with Gasteiger partial charge in [0.2, 0.25) is 5.91 Å². The fourth-order valence-corrected chi connectivity index (χ4v) is 3.73. The molecule has 0 unspecified atom stereocenters. The monoisotopic (exact) mass is 310 g/mol.